The Bertz CT molecular complexity index is 1210. The third kappa shape index (κ3) is 3.75. The minimum absolute atomic E-state index is 0.164. The highest BCUT2D eigenvalue weighted by atomic mass is 79.9. The van der Waals surface area contributed by atoms with E-state index in [0.717, 1.165) is 26.9 Å². The number of carbonyl (C=O) groups is 1. The number of fused-ring (bicyclic) bond motifs is 3. The molecule has 0 aromatic heterocycles. The number of hydrazone groups is 1. The second kappa shape index (κ2) is 7.97. The summed E-state index contributed by atoms with van der Waals surface area (Å²) in [7, 11) is 0. The SMILES string of the molecule is Cc1ccc(C(=O)C2Oc3c(Cl)cc(Cl)cc3C3CC(c4ccc(Br)cc4)=NN23)cc1. The van der Waals surface area contributed by atoms with E-state index >= 15 is 0 Å². The number of halogens is 3. The molecule has 0 saturated carbocycles. The first kappa shape index (κ1) is 20.6. The maximum atomic E-state index is 13.4. The van der Waals surface area contributed by atoms with Gasteiger partial charge in [0.05, 0.1) is 16.8 Å². The number of ether oxygens (including phenoxy) is 1. The first-order valence-electron chi connectivity index (χ1n) is 9.79. The van der Waals surface area contributed by atoms with Crippen LogP contribution in [0.5, 0.6) is 5.75 Å². The van der Waals surface area contributed by atoms with Gasteiger partial charge in [0, 0.05) is 27.0 Å². The van der Waals surface area contributed by atoms with Gasteiger partial charge in [-0.15, -0.1) is 0 Å². The fourth-order valence-electron chi connectivity index (χ4n) is 3.96. The van der Waals surface area contributed by atoms with Crippen LogP contribution in [0.4, 0.5) is 0 Å². The molecule has 3 aromatic carbocycles. The number of ketones is 1. The van der Waals surface area contributed by atoms with Crippen molar-refractivity contribution in [3.8, 4) is 5.75 Å². The molecule has 0 saturated heterocycles. The molecular weight excluding hydrogens is 499 g/mol. The molecule has 2 heterocycles. The van der Waals surface area contributed by atoms with Crippen LogP contribution in [-0.2, 0) is 0 Å². The lowest BCUT2D eigenvalue weighted by atomic mass is 9.95. The van der Waals surface area contributed by atoms with Gasteiger partial charge in [0.1, 0.15) is 5.75 Å². The summed E-state index contributed by atoms with van der Waals surface area (Å²) in [6.07, 6.45) is -0.293. The van der Waals surface area contributed by atoms with Crippen LogP contribution in [0.3, 0.4) is 0 Å². The highest BCUT2D eigenvalue weighted by molar-refractivity contribution is 9.10. The van der Waals surface area contributed by atoms with Crippen LogP contribution in [0.25, 0.3) is 0 Å². The van der Waals surface area contributed by atoms with E-state index in [4.69, 9.17) is 33.0 Å². The summed E-state index contributed by atoms with van der Waals surface area (Å²) in [6.45, 7) is 1.98. The molecule has 2 atom stereocenters. The summed E-state index contributed by atoms with van der Waals surface area (Å²) in [6, 6.07) is 18.7. The predicted molar refractivity (Wildman–Crippen MR) is 126 cm³/mol. The van der Waals surface area contributed by atoms with Crippen LogP contribution in [0, 0.1) is 6.92 Å². The van der Waals surface area contributed by atoms with Crippen LogP contribution in [0.15, 0.2) is 70.2 Å². The first-order chi connectivity index (χ1) is 14.9. The highest BCUT2D eigenvalue weighted by Crippen LogP contribution is 2.47. The van der Waals surface area contributed by atoms with Gasteiger partial charge in [-0.3, -0.25) is 4.79 Å². The van der Waals surface area contributed by atoms with E-state index in [0.29, 0.717) is 27.8 Å². The second-order valence-electron chi connectivity index (χ2n) is 7.66. The van der Waals surface area contributed by atoms with Gasteiger partial charge in [-0.2, -0.15) is 5.10 Å². The Morgan fingerprint density at radius 1 is 1.10 bits per heavy atom. The quantitative estimate of drug-likeness (QED) is 0.359. The molecule has 0 bridgehead atoms. The zero-order valence-corrected chi connectivity index (χ0v) is 19.6. The molecule has 0 radical (unpaired) electrons. The van der Waals surface area contributed by atoms with E-state index in [2.05, 4.69) is 15.9 Å². The van der Waals surface area contributed by atoms with Crippen LogP contribution in [-0.4, -0.2) is 22.7 Å². The predicted octanol–water partition coefficient (Wildman–Crippen LogP) is 6.82. The number of aryl methyl sites for hydroxylation is 1. The maximum absolute atomic E-state index is 13.4. The van der Waals surface area contributed by atoms with Crippen LogP contribution >= 0.6 is 39.1 Å². The molecule has 4 nitrogen and oxygen atoms in total. The Morgan fingerprint density at radius 3 is 2.52 bits per heavy atom. The summed E-state index contributed by atoms with van der Waals surface area (Å²) in [5, 5.41) is 7.47. The van der Waals surface area contributed by atoms with Crippen LogP contribution in [0.1, 0.15) is 39.5 Å². The number of nitrogens with zero attached hydrogens (tertiary/aromatic N) is 2. The summed E-state index contributed by atoms with van der Waals surface area (Å²) in [4.78, 5) is 13.4. The number of carbonyl (C=O) groups excluding carboxylic acids is 1. The van der Waals surface area contributed by atoms with E-state index < -0.39 is 6.23 Å². The fraction of sp³-hybridized carbons (Fsp3) is 0.167. The molecule has 31 heavy (non-hydrogen) atoms. The standard InChI is InChI=1S/C24H17BrCl2N2O2/c1-13-2-4-15(5-3-13)22(30)24-29-21(18-10-17(26)11-19(27)23(18)31-24)12-20(28-29)14-6-8-16(25)9-7-14/h2-11,21,24H,12H2,1H3. The zero-order chi connectivity index (χ0) is 21.7. The molecule has 156 valence electrons. The molecular formula is C24H17BrCl2N2O2. The minimum atomic E-state index is -0.910. The molecule has 2 unspecified atom stereocenters. The van der Waals surface area contributed by atoms with Gasteiger partial charge in [0.2, 0.25) is 5.78 Å². The monoisotopic (exact) mass is 514 g/mol. The summed E-state index contributed by atoms with van der Waals surface area (Å²) < 4.78 is 7.15. The fourth-order valence-corrected chi connectivity index (χ4v) is 4.78. The van der Waals surface area contributed by atoms with E-state index in [9.17, 15) is 4.79 Å². The summed E-state index contributed by atoms with van der Waals surface area (Å²) in [5.41, 5.74) is 4.36. The first-order valence-corrected chi connectivity index (χ1v) is 11.3. The Labute approximate surface area is 198 Å². The third-order valence-corrected chi connectivity index (χ3v) is 6.57. The Hall–Kier alpha value is -2.34. The van der Waals surface area contributed by atoms with Gasteiger partial charge in [-0.1, -0.05) is 81.1 Å². The van der Waals surface area contributed by atoms with Gasteiger partial charge in [0.15, 0.2) is 0 Å². The average molecular weight is 516 g/mol. The molecule has 0 amide bonds. The average Bonchev–Trinajstić information content (AvgIpc) is 3.19. The van der Waals surface area contributed by atoms with Crippen molar-refractivity contribution < 1.29 is 9.53 Å². The second-order valence-corrected chi connectivity index (χ2v) is 9.42. The lowest BCUT2D eigenvalue weighted by Gasteiger charge is -2.37. The molecule has 0 spiro atoms. The largest absolute Gasteiger partial charge is 0.459 e. The molecule has 2 aliphatic heterocycles. The summed E-state index contributed by atoms with van der Waals surface area (Å²) >= 11 is 16.2. The van der Waals surface area contributed by atoms with Crippen molar-refractivity contribution >= 4 is 50.6 Å². The van der Waals surface area contributed by atoms with Crippen LogP contribution in [0.2, 0.25) is 10.0 Å². The van der Waals surface area contributed by atoms with E-state index in [1.807, 2.05) is 61.5 Å². The van der Waals surface area contributed by atoms with Crippen molar-refractivity contribution in [2.45, 2.75) is 25.6 Å². The minimum Gasteiger partial charge on any atom is -0.459 e. The van der Waals surface area contributed by atoms with Gasteiger partial charge in [-0.05, 0) is 36.8 Å². The van der Waals surface area contributed by atoms with Crippen molar-refractivity contribution in [3.05, 3.63) is 97.4 Å². The third-order valence-electron chi connectivity index (χ3n) is 5.55. The number of rotatable bonds is 3. The molecule has 2 aliphatic rings. The van der Waals surface area contributed by atoms with Crippen molar-refractivity contribution in [2.75, 3.05) is 0 Å². The normalized spacial score (nSPS) is 19.4. The van der Waals surface area contributed by atoms with E-state index in [1.165, 1.54) is 0 Å². The van der Waals surface area contributed by atoms with Gasteiger partial charge in [-0.25, -0.2) is 5.01 Å². The van der Waals surface area contributed by atoms with Gasteiger partial charge >= 0.3 is 0 Å². The number of hydrogen-bond donors (Lipinski definition) is 0. The van der Waals surface area contributed by atoms with Crippen molar-refractivity contribution in [1.82, 2.24) is 5.01 Å². The molecule has 3 aromatic rings. The number of Topliss-reactive ketones (excluding diaryl/α,β-unsaturated/α-hetero) is 1. The molecule has 0 N–H and O–H groups in total. The topological polar surface area (TPSA) is 41.9 Å². The zero-order valence-electron chi connectivity index (χ0n) is 16.5. The lowest BCUT2D eigenvalue weighted by Crippen LogP contribution is -2.46. The lowest BCUT2D eigenvalue weighted by molar-refractivity contribution is -0.00447. The van der Waals surface area contributed by atoms with Crippen molar-refractivity contribution in [3.63, 3.8) is 0 Å². The smallest absolute Gasteiger partial charge is 0.251 e. The maximum Gasteiger partial charge on any atom is 0.251 e. The molecule has 5 rings (SSSR count). The molecule has 0 fully saturated rings. The van der Waals surface area contributed by atoms with Gasteiger partial charge < -0.3 is 4.74 Å². The molecule has 0 aliphatic carbocycles. The van der Waals surface area contributed by atoms with E-state index in [1.54, 1.807) is 11.1 Å². The Kier molecular flexibility index (Phi) is 5.29. The summed E-state index contributed by atoms with van der Waals surface area (Å²) in [5.74, 6) is 0.326. The molecule has 7 heteroatoms. The number of hydrogen-bond acceptors (Lipinski definition) is 4. The van der Waals surface area contributed by atoms with Crippen molar-refractivity contribution in [1.29, 1.82) is 0 Å². The Morgan fingerprint density at radius 2 is 1.81 bits per heavy atom. The van der Waals surface area contributed by atoms with Gasteiger partial charge in [0.25, 0.3) is 6.23 Å². The van der Waals surface area contributed by atoms with Crippen molar-refractivity contribution in [2.24, 2.45) is 5.10 Å². The highest BCUT2D eigenvalue weighted by Gasteiger charge is 2.44. The number of benzene rings is 3. The van der Waals surface area contributed by atoms with Crippen LogP contribution < -0.4 is 4.74 Å². The van der Waals surface area contributed by atoms with E-state index in [-0.39, 0.29) is 11.8 Å². The Balaban J connectivity index is 1.59.